The molecule has 0 radical (unpaired) electrons. The van der Waals surface area contributed by atoms with Crippen LogP contribution in [0.3, 0.4) is 0 Å². The zero-order valence-electron chi connectivity index (χ0n) is 12.3. The molecule has 0 aliphatic carbocycles. The van der Waals surface area contributed by atoms with Crippen molar-refractivity contribution in [1.29, 1.82) is 0 Å². The third-order valence-electron chi connectivity index (χ3n) is 3.32. The lowest BCUT2D eigenvalue weighted by Gasteiger charge is -2.17. The molecule has 0 aliphatic rings. The molecule has 1 unspecified atom stereocenters. The molecule has 110 valence electrons. The van der Waals surface area contributed by atoms with Gasteiger partial charge in [-0.1, -0.05) is 29.3 Å². The number of anilines is 1. The van der Waals surface area contributed by atoms with E-state index in [0.717, 1.165) is 5.56 Å². The first-order valence-corrected chi connectivity index (χ1v) is 6.74. The number of nitrogens with one attached hydrogen (secondary N) is 1. The molecule has 2 aromatic carbocycles. The van der Waals surface area contributed by atoms with E-state index in [2.05, 4.69) is 23.5 Å². The predicted octanol–water partition coefficient (Wildman–Crippen LogP) is 4.31. The van der Waals surface area contributed by atoms with Crippen molar-refractivity contribution in [2.75, 3.05) is 5.32 Å². The SMILES string of the molecule is Cc1cc(C)cc(C(C)Nc2ccc(F)c(C(=O)O)c2)c1. The normalized spacial score (nSPS) is 12.0. The monoisotopic (exact) mass is 287 g/mol. The summed E-state index contributed by atoms with van der Waals surface area (Å²) < 4.78 is 13.4. The van der Waals surface area contributed by atoms with E-state index in [-0.39, 0.29) is 11.6 Å². The van der Waals surface area contributed by atoms with Crippen molar-refractivity contribution in [1.82, 2.24) is 0 Å². The number of aromatic carboxylic acids is 1. The lowest BCUT2D eigenvalue weighted by molar-refractivity contribution is 0.0692. The number of hydrogen-bond acceptors (Lipinski definition) is 2. The Labute approximate surface area is 123 Å². The van der Waals surface area contributed by atoms with E-state index in [1.807, 2.05) is 20.8 Å². The molecule has 2 rings (SSSR count). The van der Waals surface area contributed by atoms with Crippen LogP contribution in [0.25, 0.3) is 0 Å². The molecule has 0 fully saturated rings. The molecule has 21 heavy (non-hydrogen) atoms. The Bertz CT molecular complexity index is 662. The number of halogens is 1. The molecular weight excluding hydrogens is 269 g/mol. The van der Waals surface area contributed by atoms with Crippen LogP contribution in [0, 0.1) is 19.7 Å². The summed E-state index contributed by atoms with van der Waals surface area (Å²) >= 11 is 0. The fourth-order valence-electron chi connectivity index (χ4n) is 2.37. The van der Waals surface area contributed by atoms with Gasteiger partial charge in [0.1, 0.15) is 5.82 Å². The van der Waals surface area contributed by atoms with Gasteiger partial charge in [-0.05, 0) is 44.5 Å². The van der Waals surface area contributed by atoms with Gasteiger partial charge in [0.2, 0.25) is 0 Å². The van der Waals surface area contributed by atoms with E-state index in [4.69, 9.17) is 5.11 Å². The number of benzene rings is 2. The maximum absolute atomic E-state index is 13.4. The van der Waals surface area contributed by atoms with Crippen molar-refractivity contribution in [3.8, 4) is 0 Å². The molecule has 3 nitrogen and oxygen atoms in total. The molecule has 0 heterocycles. The largest absolute Gasteiger partial charge is 0.478 e. The zero-order chi connectivity index (χ0) is 15.6. The summed E-state index contributed by atoms with van der Waals surface area (Å²) in [6, 6.07) is 10.3. The first-order chi connectivity index (χ1) is 9.86. The molecule has 4 heteroatoms. The fraction of sp³-hybridized carbons (Fsp3) is 0.235. The molecule has 2 aromatic rings. The van der Waals surface area contributed by atoms with Crippen molar-refractivity contribution < 1.29 is 14.3 Å². The molecule has 0 saturated carbocycles. The van der Waals surface area contributed by atoms with Crippen LogP contribution in [0.1, 0.15) is 40.0 Å². The molecule has 0 spiro atoms. The van der Waals surface area contributed by atoms with E-state index >= 15 is 0 Å². The highest BCUT2D eigenvalue weighted by atomic mass is 19.1. The smallest absolute Gasteiger partial charge is 0.338 e. The van der Waals surface area contributed by atoms with Crippen LogP contribution < -0.4 is 5.32 Å². The van der Waals surface area contributed by atoms with Gasteiger partial charge in [-0.2, -0.15) is 0 Å². The molecule has 0 amide bonds. The molecule has 0 aliphatic heterocycles. The van der Waals surface area contributed by atoms with Crippen LogP contribution in [-0.2, 0) is 0 Å². The highest BCUT2D eigenvalue weighted by Gasteiger charge is 2.12. The van der Waals surface area contributed by atoms with Crippen molar-refractivity contribution in [2.24, 2.45) is 0 Å². The number of carboxylic acids is 1. The molecule has 2 N–H and O–H groups in total. The summed E-state index contributed by atoms with van der Waals surface area (Å²) in [6.45, 7) is 6.05. The maximum atomic E-state index is 13.4. The Hall–Kier alpha value is -2.36. The van der Waals surface area contributed by atoms with E-state index in [1.165, 1.54) is 23.3 Å². The van der Waals surface area contributed by atoms with Gasteiger partial charge in [-0.15, -0.1) is 0 Å². The Morgan fingerprint density at radius 3 is 2.33 bits per heavy atom. The van der Waals surface area contributed by atoms with Crippen LogP contribution in [0.2, 0.25) is 0 Å². The van der Waals surface area contributed by atoms with Crippen LogP contribution in [0.5, 0.6) is 0 Å². The quantitative estimate of drug-likeness (QED) is 0.880. The molecule has 1 atom stereocenters. The minimum absolute atomic E-state index is 0.00398. The molecule has 0 saturated heterocycles. The second kappa shape index (κ2) is 5.95. The van der Waals surface area contributed by atoms with Crippen molar-refractivity contribution in [3.05, 3.63) is 64.5 Å². The summed E-state index contributed by atoms with van der Waals surface area (Å²) in [5.41, 5.74) is 3.70. The zero-order valence-corrected chi connectivity index (χ0v) is 12.3. The van der Waals surface area contributed by atoms with Gasteiger partial charge in [-0.3, -0.25) is 0 Å². The van der Waals surface area contributed by atoms with Crippen LogP contribution in [-0.4, -0.2) is 11.1 Å². The van der Waals surface area contributed by atoms with Gasteiger partial charge >= 0.3 is 5.97 Å². The van der Waals surface area contributed by atoms with E-state index < -0.39 is 11.8 Å². The van der Waals surface area contributed by atoms with Crippen LogP contribution >= 0.6 is 0 Å². The number of carboxylic acid groups (broad SMARTS) is 1. The third kappa shape index (κ3) is 3.60. The predicted molar refractivity (Wildman–Crippen MR) is 81.3 cm³/mol. The van der Waals surface area contributed by atoms with Gasteiger partial charge in [-0.25, -0.2) is 9.18 Å². The van der Waals surface area contributed by atoms with E-state index in [0.29, 0.717) is 5.69 Å². The number of rotatable bonds is 4. The topological polar surface area (TPSA) is 49.3 Å². The maximum Gasteiger partial charge on any atom is 0.338 e. The standard InChI is InChI=1S/C17H18FNO2/c1-10-6-11(2)8-13(7-10)12(3)19-14-4-5-16(18)15(9-14)17(20)21/h4-9,12,19H,1-3H3,(H,20,21). The lowest BCUT2D eigenvalue weighted by Crippen LogP contribution is -2.09. The van der Waals surface area contributed by atoms with Crippen molar-refractivity contribution in [3.63, 3.8) is 0 Å². The Balaban J connectivity index is 2.25. The fourth-order valence-corrected chi connectivity index (χ4v) is 2.37. The second-order valence-electron chi connectivity index (χ2n) is 5.29. The average Bonchev–Trinajstić information content (AvgIpc) is 2.39. The summed E-state index contributed by atoms with van der Waals surface area (Å²) in [6.07, 6.45) is 0. The first kappa shape index (κ1) is 15.0. The van der Waals surface area contributed by atoms with Gasteiger partial charge < -0.3 is 10.4 Å². The third-order valence-corrected chi connectivity index (χ3v) is 3.32. The first-order valence-electron chi connectivity index (χ1n) is 6.74. The average molecular weight is 287 g/mol. The molecule has 0 aromatic heterocycles. The summed E-state index contributed by atoms with van der Waals surface area (Å²) in [4.78, 5) is 11.0. The number of aryl methyl sites for hydroxylation is 2. The van der Waals surface area contributed by atoms with E-state index in [9.17, 15) is 9.18 Å². The van der Waals surface area contributed by atoms with Crippen molar-refractivity contribution >= 4 is 11.7 Å². The molecule has 0 bridgehead atoms. The van der Waals surface area contributed by atoms with Gasteiger partial charge in [0, 0.05) is 11.7 Å². The van der Waals surface area contributed by atoms with Crippen molar-refractivity contribution in [2.45, 2.75) is 26.8 Å². The number of hydrogen-bond donors (Lipinski definition) is 2. The summed E-state index contributed by atoms with van der Waals surface area (Å²) in [5, 5.41) is 12.2. The van der Waals surface area contributed by atoms with E-state index in [1.54, 1.807) is 6.07 Å². The second-order valence-corrected chi connectivity index (χ2v) is 5.29. The Kier molecular flexibility index (Phi) is 4.26. The minimum atomic E-state index is -1.27. The van der Waals surface area contributed by atoms with Gasteiger partial charge in [0.05, 0.1) is 5.56 Å². The summed E-state index contributed by atoms with van der Waals surface area (Å²) in [7, 11) is 0. The Morgan fingerprint density at radius 2 is 1.76 bits per heavy atom. The Morgan fingerprint density at radius 1 is 1.14 bits per heavy atom. The highest BCUT2D eigenvalue weighted by Crippen LogP contribution is 2.23. The number of carbonyl (C=O) groups is 1. The lowest BCUT2D eigenvalue weighted by atomic mass is 10.0. The van der Waals surface area contributed by atoms with Crippen LogP contribution in [0.15, 0.2) is 36.4 Å². The summed E-state index contributed by atoms with van der Waals surface area (Å²) in [5.74, 6) is -2.00. The highest BCUT2D eigenvalue weighted by molar-refractivity contribution is 5.89. The van der Waals surface area contributed by atoms with Gasteiger partial charge in [0.15, 0.2) is 0 Å². The van der Waals surface area contributed by atoms with Crippen LogP contribution in [0.4, 0.5) is 10.1 Å². The molecular formula is C17H18FNO2. The van der Waals surface area contributed by atoms with Gasteiger partial charge in [0.25, 0.3) is 0 Å². The minimum Gasteiger partial charge on any atom is -0.478 e.